The van der Waals surface area contributed by atoms with E-state index >= 15 is 0 Å². The second-order valence-electron chi connectivity index (χ2n) is 2.62. The van der Waals surface area contributed by atoms with E-state index in [1.54, 1.807) is 6.07 Å². The van der Waals surface area contributed by atoms with Crippen molar-refractivity contribution in [2.24, 2.45) is 0 Å². The van der Waals surface area contributed by atoms with E-state index in [9.17, 15) is 0 Å². The topological polar surface area (TPSA) is 52.0 Å². The molecule has 1 aromatic heterocycles. The lowest BCUT2D eigenvalue weighted by molar-refractivity contribution is 0.439. The highest BCUT2D eigenvalue weighted by molar-refractivity contribution is 14.1. The predicted octanol–water partition coefficient (Wildman–Crippen LogP) is 2.53. The Morgan fingerprint density at radius 2 is 2.15 bits per heavy atom. The molecule has 2 aromatic rings. The third-order valence-electron chi connectivity index (χ3n) is 1.65. The summed E-state index contributed by atoms with van der Waals surface area (Å²) in [6, 6.07) is 9.71. The molecule has 0 spiro atoms. The van der Waals surface area contributed by atoms with Gasteiger partial charge in [-0.1, -0.05) is 17.3 Å². The molecule has 0 amide bonds. The van der Waals surface area contributed by atoms with E-state index in [1.807, 2.05) is 24.3 Å². The molecule has 2 N–H and O–H groups in total. The van der Waals surface area contributed by atoms with Gasteiger partial charge in [-0.25, -0.2) is 0 Å². The van der Waals surface area contributed by atoms with Crippen molar-refractivity contribution in [3.63, 3.8) is 0 Å². The van der Waals surface area contributed by atoms with Crippen LogP contribution in [0.25, 0.3) is 11.3 Å². The molecule has 0 aliphatic carbocycles. The van der Waals surface area contributed by atoms with E-state index in [0.29, 0.717) is 5.88 Å². The molecule has 0 saturated heterocycles. The Bertz CT molecular complexity index is 425. The predicted molar refractivity (Wildman–Crippen MR) is 59.1 cm³/mol. The molecule has 2 rings (SSSR count). The van der Waals surface area contributed by atoms with Crippen LogP contribution in [-0.4, -0.2) is 5.16 Å². The first-order valence-electron chi connectivity index (χ1n) is 3.74. The number of hydrogen-bond acceptors (Lipinski definition) is 3. The van der Waals surface area contributed by atoms with Gasteiger partial charge in [-0.2, -0.15) is 0 Å². The molecule has 0 unspecified atom stereocenters. The van der Waals surface area contributed by atoms with Gasteiger partial charge >= 0.3 is 0 Å². The van der Waals surface area contributed by atoms with E-state index in [4.69, 9.17) is 10.3 Å². The Hall–Kier alpha value is -1.04. The highest BCUT2D eigenvalue weighted by Crippen LogP contribution is 2.21. The number of anilines is 1. The van der Waals surface area contributed by atoms with Crippen LogP contribution in [0.1, 0.15) is 0 Å². The van der Waals surface area contributed by atoms with E-state index in [0.717, 1.165) is 14.8 Å². The Morgan fingerprint density at radius 1 is 1.31 bits per heavy atom. The van der Waals surface area contributed by atoms with Crippen LogP contribution in [-0.2, 0) is 0 Å². The van der Waals surface area contributed by atoms with Crippen molar-refractivity contribution in [1.82, 2.24) is 5.16 Å². The van der Waals surface area contributed by atoms with E-state index in [-0.39, 0.29) is 0 Å². The Labute approximate surface area is 89.1 Å². The lowest BCUT2D eigenvalue weighted by atomic mass is 10.2. The molecule has 0 bridgehead atoms. The Balaban J connectivity index is 2.46. The fourth-order valence-corrected chi connectivity index (χ4v) is 1.62. The molecule has 0 aliphatic heterocycles. The molecular weight excluding hydrogens is 279 g/mol. The van der Waals surface area contributed by atoms with Gasteiger partial charge in [-0.3, -0.25) is 0 Å². The maximum atomic E-state index is 5.42. The lowest BCUT2D eigenvalue weighted by Crippen LogP contribution is -1.78. The van der Waals surface area contributed by atoms with Crippen LogP contribution in [0.5, 0.6) is 0 Å². The van der Waals surface area contributed by atoms with Crippen LogP contribution >= 0.6 is 22.6 Å². The third-order valence-corrected chi connectivity index (χ3v) is 2.32. The second kappa shape index (κ2) is 3.37. The number of nitrogen functional groups attached to an aromatic ring is 1. The number of hydrogen-bond donors (Lipinski definition) is 1. The van der Waals surface area contributed by atoms with Gasteiger partial charge in [0.25, 0.3) is 0 Å². The summed E-state index contributed by atoms with van der Waals surface area (Å²) in [6.45, 7) is 0. The molecule has 13 heavy (non-hydrogen) atoms. The van der Waals surface area contributed by atoms with Crippen LogP contribution < -0.4 is 5.73 Å². The van der Waals surface area contributed by atoms with Crippen molar-refractivity contribution in [3.05, 3.63) is 33.9 Å². The number of aromatic nitrogens is 1. The number of nitrogens with zero attached hydrogens (tertiary/aromatic N) is 1. The van der Waals surface area contributed by atoms with Crippen LogP contribution in [0.3, 0.4) is 0 Å². The number of benzene rings is 1. The van der Waals surface area contributed by atoms with Gasteiger partial charge in [0.05, 0.1) is 0 Å². The summed E-state index contributed by atoms with van der Waals surface area (Å²) < 4.78 is 5.95. The number of rotatable bonds is 1. The van der Waals surface area contributed by atoms with Crippen molar-refractivity contribution in [2.75, 3.05) is 5.73 Å². The SMILES string of the molecule is Nc1cc(-c2cccc(I)c2)no1. The van der Waals surface area contributed by atoms with E-state index in [1.165, 1.54) is 0 Å². The Morgan fingerprint density at radius 3 is 2.77 bits per heavy atom. The quantitative estimate of drug-likeness (QED) is 0.819. The summed E-state index contributed by atoms with van der Waals surface area (Å²) >= 11 is 2.25. The van der Waals surface area contributed by atoms with Crippen LogP contribution in [0, 0.1) is 3.57 Å². The first-order valence-corrected chi connectivity index (χ1v) is 4.82. The normalized spacial score (nSPS) is 10.2. The van der Waals surface area contributed by atoms with Gasteiger partial charge in [-0.05, 0) is 34.7 Å². The highest BCUT2D eigenvalue weighted by atomic mass is 127. The van der Waals surface area contributed by atoms with Crippen molar-refractivity contribution < 1.29 is 4.52 Å². The van der Waals surface area contributed by atoms with Gasteiger partial charge in [0.2, 0.25) is 5.88 Å². The fraction of sp³-hybridized carbons (Fsp3) is 0. The minimum absolute atomic E-state index is 0.342. The minimum atomic E-state index is 0.342. The molecule has 1 aromatic carbocycles. The second-order valence-corrected chi connectivity index (χ2v) is 3.87. The zero-order valence-electron chi connectivity index (χ0n) is 6.70. The molecule has 66 valence electrons. The van der Waals surface area contributed by atoms with Crippen molar-refractivity contribution in [2.45, 2.75) is 0 Å². The van der Waals surface area contributed by atoms with Gasteiger partial charge < -0.3 is 10.3 Å². The molecule has 3 nitrogen and oxygen atoms in total. The molecule has 0 radical (unpaired) electrons. The van der Waals surface area contributed by atoms with Gasteiger partial charge in [0.1, 0.15) is 5.69 Å². The van der Waals surface area contributed by atoms with Gasteiger partial charge in [0, 0.05) is 15.2 Å². The molecule has 0 fully saturated rings. The van der Waals surface area contributed by atoms with Crippen LogP contribution in [0.4, 0.5) is 5.88 Å². The zero-order chi connectivity index (χ0) is 9.26. The standard InChI is InChI=1S/C9H7IN2O/c10-7-3-1-2-6(4-7)8-5-9(11)13-12-8/h1-5H,11H2. The maximum absolute atomic E-state index is 5.42. The van der Waals surface area contributed by atoms with Crippen LogP contribution in [0.15, 0.2) is 34.9 Å². The monoisotopic (exact) mass is 286 g/mol. The molecule has 0 atom stereocenters. The molecule has 0 aliphatic rings. The van der Waals surface area contributed by atoms with Gasteiger partial charge in [-0.15, -0.1) is 0 Å². The minimum Gasteiger partial charge on any atom is -0.368 e. The maximum Gasteiger partial charge on any atom is 0.222 e. The summed E-state index contributed by atoms with van der Waals surface area (Å²) in [5, 5.41) is 3.82. The fourth-order valence-electron chi connectivity index (χ4n) is 1.07. The van der Waals surface area contributed by atoms with Crippen LogP contribution in [0.2, 0.25) is 0 Å². The Kier molecular flexibility index (Phi) is 2.22. The molecule has 1 heterocycles. The summed E-state index contributed by atoms with van der Waals surface area (Å²) in [5.74, 6) is 0.342. The smallest absolute Gasteiger partial charge is 0.222 e. The first-order chi connectivity index (χ1) is 6.25. The van der Waals surface area contributed by atoms with E-state index in [2.05, 4.69) is 27.7 Å². The summed E-state index contributed by atoms with van der Waals surface area (Å²) in [4.78, 5) is 0. The largest absolute Gasteiger partial charge is 0.368 e. The molecule has 4 heteroatoms. The van der Waals surface area contributed by atoms with Crippen molar-refractivity contribution in [3.8, 4) is 11.3 Å². The average molecular weight is 286 g/mol. The summed E-state index contributed by atoms with van der Waals surface area (Å²) in [6.07, 6.45) is 0. The van der Waals surface area contributed by atoms with Crippen molar-refractivity contribution >= 4 is 28.5 Å². The molecular formula is C9H7IN2O. The van der Waals surface area contributed by atoms with Crippen molar-refractivity contribution in [1.29, 1.82) is 0 Å². The highest BCUT2D eigenvalue weighted by Gasteiger charge is 2.03. The number of nitrogens with two attached hydrogens (primary N) is 1. The molecule has 0 saturated carbocycles. The first kappa shape index (κ1) is 8.55. The number of halogens is 1. The third kappa shape index (κ3) is 1.82. The summed E-state index contributed by atoms with van der Waals surface area (Å²) in [5.41, 5.74) is 7.22. The lowest BCUT2D eigenvalue weighted by Gasteiger charge is -1.94. The average Bonchev–Trinajstić information content (AvgIpc) is 2.52. The summed E-state index contributed by atoms with van der Waals surface area (Å²) in [7, 11) is 0. The van der Waals surface area contributed by atoms with E-state index < -0.39 is 0 Å². The van der Waals surface area contributed by atoms with Gasteiger partial charge in [0.15, 0.2) is 0 Å². The zero-order valence-corrected chi connectivity index (χ0v) is 8.86.